The zero-order valence-corrected chi connectivity index (χ0v) is 10.8. The van der Waals surface area contributed by atoms with Crippen LogP contribution in [0.5, 0.6) is 5.75 Å². The van der Waals surface area contributed by atoms with Crippen LogP contribution in [0.4, 0.5) is 0 Å². The number of phenolic OH excluding ortho intramolecular Hbond substituents is 1. The van der Waals surface area contributed by atoms with E-state index >= 15 is 0 Å². The molecule has 0 atom stereocenters. The van der Waals surface area contributed by atoms with Gasteiger partial charge in [-0.25, -0.2) is 0 Å². The van der Waals surface area contributed by atoms with Crippen molar-refractivity contribution in [3.63, 3.8) is 0 Å². The van der Waals surface area contributed by atoms with E-state index in [0.717, 1.165) is 6.42 Å². The number of phenols is 1. The number of rotatable bonds is 4. The first-order chi connectivity index (χ1) is 8.92. The quantitative estimate of drug-likeness (QED) is 0.773. The van der Waals surface area contributed by atoms with Crippen LogP contribution in [-0.2, 0) is 4.79 Å². The molecule has 1 aliphatic carbocycles. The minimum Gasteiger partial charge on any atom is -0.508 e. The Balaban J connectivity index is 2.13. The number of nitrogens with one attached hydrogen (secondary N) is 1. The fourth-order valence-electron chi connectivity index (χ4n) is 2.45. The lowest BCUT2D eigenvalue weighted by Gasteiger charge is -2.41. The van der Waals surface area contributed by atoms with Crippen LogP contribution in [0.2, 0.25) is 0 Å². The summed E-state index contributed by atoms with van der Waals surface area (Å²) in [6.07, 6.45) is 2.28. The number of hydrogen-bond acceptors (Lipinski definition) is 3. The highest BCUT2D eigenvalue weighted by Crippen LogP contribution is 2.35. The van der Waals surface area contributed by atoms with Crippen molar-refractivity contribution in [1.82, 2.24) is 5.32 Å². The Bertz CT molecular complexity index is 520. The molecule has 0 aliphatic heterocycles. The van der Waals surface area contributed by atoms with E-state index < -0.39 is 11.5 Å². The molecule has 0 aromatic heterocycles. The van der Waals surface area contributed by atoms with Crippen molar-refractivity contribution in [1.29, 1.82) is 0 Å². The second-order valence-corrected chi connectivity index (χ2v) is 5.16. The average molecular weight is 263 g/mol. The summed E-state index contributed by atoms with van der Waals surface area (Å²) in [5.41, 5.74) is 0.532. The fraction of sp³-hybridized carbons (Fsp3) is 0.429. The molecule has 1 aliphatic rings. The van der Waals surface area contributed by atoms with E-state index in [0.29, 0.717) is 24.0 Å². The molecule has 1 saturated carbocycles. The average Bonchev–Trinajstić information content (AvgIpc) is 2.25. The predicted octanol–water partition coefficient (Wildman–Crippen LogP) is 1.83. The summed E-state index contributed by atoms with van der Waals surface area (Å²) >= 11 is 0. The van der Waals surface area contributed by atoms with Crippen LogP contribution in [0.15, 0.2) is 18.2 Å². The summed E-state index contributed by atoms with van der Waals surface area (Å²) in [6, 6.07) is 4.51. The van der Waals surface area contributed by atoms with Crippen LogP contribution in [0.3, 0.4) is 0 Å². The summed E-state index contributed by atoms with van der Waals surface area (Å²) in [4.78, 5) is 23.0. The maximum absolute atomic E-state index is 12.2. The SMILES string of the molecule is Cc1cc(O)ccc1C(=O)NC1(CC(=O)O)CCC1. The van der Waals surface area contributed by atoms with Gasteiger partial charge < -0.3 is 15.5 Å². The van der Waals surface area contributed by atoms with Gasteiger partial charge in [-0.1, -0.05) is 0 Å². The third-order valence-electron chi connectivity index (χ3n) is 3.63. The largest absolute Gasteiger partial charge is 0.508 e. The smallest absolute Gasteiger partial charge is 0.305 e. The molecule has 0 unspecified atom stereocenters. The lowest BCUT2D eigenvalue weighted by atomic mass is 9.74. The van der Waals surface area contributed by atoms with Crippen molar-refractivity contribution in [3.8, 4) is 5.75 Å². The minimum absolute atomic E-state index is 0.0458. The van der Waals surface area contributed by atoms with Crippen molar-refractivity contribution >= 4 is 11.9 Å². The molecule has 0 radical (unpaired) electrons. The van der Waals surface area contributed by atoms with Gasteiger partial charge in [-0.2, -0.15) is 0 Å². The number of benzene rings is 1. The van der Waals surface area contributed by atoms with E-state index in [2.05, 4.69) is 5.32 Å². The van der Waals surface area contributed by atoms with Crippen molar-refractivity contribution in [2.45, 2.75) is 38.1 Å². The van der Waals surface area contributed by atoms with E-state index in [1.54, 1.807) is 13.0 Å². The molecule has 5 heteroatoms. The zero-order valence-electron chi connectivity index (χ0n) is 10.8. The Hall–Kier alpha value is -2.04. The van der Waals surface area contributed by atoms with Crippen molar-refractivity contribution in [2.75, 3.05) is 0 Å². The van der Waals surface area contributed by atoms with Gasteiger partial charge in [0.05, 0.1) is 12.0 Å². The molecule has 1 aromatic rings. The van der Waals surface area contributed by atoms with Gasteiger partial charge in [-0.3, -0.25) is 9.59 Å². The Morgan fingerprint density at radius 1 is 1.37 bits per heavy atom. The molecule has 1 aromatic carbocycles. The summed E-state index contributed by atoms with van der Waals surface area (Å²) in [5, 5.41) is 21.1. The van der Waals surface area contributed by atoms with Gasteiger partial charge in [-0.05, 0) is 49.9 Å². The molecule has 2 rings (SSSR count). The van der Waals surface area contributed by atoms with Gasteiger partial charge in [0.25, 0.3) is 5.91 Å². The van der Waals surface area contributed by atoms with E-state index in [1.807, 2.05) is 0 Å². The normalized spacial score (nSPS) is 16.5. The summed E-state index contributed by atoms with van der Waals surface area (Å²) in [5.74, 6) is -1.07. The summed E-state index contributed by atoms with van der Waals surface area (Å²) in [6.45, 7) is 1.74. The molecular weight excluding hydrogens is 246 g/mol. The highest BCUT2D eigenvalue weighted by atomic mass is 16.4. The van der Waals surface area contributed by atoms with Crippen LogP contribution in [0.25, 0.3) is 0 Å². The van der Waals surface area contributed by atoms with Gasteiger partial charge in [0.1, 0.15) is 5.75 Å². The number of hydrogen-bond donors (Lipinski definition) is 3. The third kappa shape index (κ3) is 2.86. The van der Waals surface area contributed by atoms with Gasteiger partial charge in [0, 0.05) is 5.56 Å². The van der Waals surface area contributed by atoms with Crippen molar-refractivity contribution in [3.05, 3.63) is 29.3 Å². The number of aryl methyl sites for hydroxylation is 1. The first kappa shape index (κ1) is 13.4. The number of aromatic hydroxyl groups is 1. The van der Waals surface area contributed by atoms with Crippen molar-refractivity contribution in [2.24, 2.45) is 0 Å². The number of amides is 1. The predicted molar refractivity (Wildman–Crippen MR) is 69.1 cm³/mol. The fourth-order valence-corrected chi connectivity index (χ4v) is 2.45. The summed E-state index contributed by atoms with van der Waals surface area (Å²) < 4.78 is 0. The number of aliphatic carboxylic acids is 1. The van der Waals surface area contributed by atoms with Gasteiger partial charge in [0.15, 0.2) is 0 Å². The Morgan fingerprint density at radius 2 is 2.05 bits per heavy atom. The van der Waals surface area contributed by atoms with E-state index in [1.165, 1.54) is 12.1 Å². The monoisotopic (exact) mass is 263 g/mol. The first-order valence-electron chi connectivity index (χ1n) is 6.26. The molecule has 1 amide bonds. The van der Waals surface area contributed by atoms with Gasteiger partial charge in [0.2, 0.25) is 0 Å². The number of carboxylic acid groups (broad SMARTS) is 1. The molecule has 0 bridgehead atoms. The molecule has 0 heterocycles. The first-order valence-corrected chi connectivity index (χ1v) is 6.26. The van der Waals surface area contributed by atoms with Crippen molar-refractivity contribution < 1.29 is 19.8 Å². The highest BCUT2D eigenvalue weighted by Gasteiger charge is 2.40. The molecule has 19 heavy (non-hydrogen) atoms. The lowest BCUT2D eigenvalue weighted by molar-refractivity contribution is -0.139. The molecule has 0 saturated heterocycles. The third-order valence-corrected chi connectivity index (χ3v) is 3.63. The molecule has 1 fully saturated rings. The van der Waals surface area contributed by atoms with Crippen LogP contribution >= 0.6 is 0 Å². The van der Waals surface area contributed by atoms with E-state index in [-0.39, 0.29) is 18.1 Å². The molecule has 0 spiro atoms. The van der Waals surface area contributed by atoms with Crippen LogP contribution in [0, 0.1) is 6.92 Å². The van der Waals surface area contributed by atoms with Crippen LogP contribution in [-0.4, -0.2) is 27.6 Å². The topological polar surface area (TPSA) is 86.6 Å². The maximum atomic E-state index is 12.2. The molecule has 3 N–H and O–H groups in total. The second-order valence-electron chi connectivity index (χ2n) is 5.16. The highest BCUT2D eigenvalue weighted by molar-refractivity contribution is 5.96. The van der Waals surface area contributed by atoms with E-state index in [9.17, 15) is 14.7 Å². The Morgan fingerprint density at radius 3 is 2.53 bits per heavy atom. The standard InChI is InChI=1S/C14H17NO4/c1-9-7-10(16)3-4-11(9)13(19)15-14(5-2-6-14)8-12(17)18/h3-4,7,16H,2,5-6,8H2,1H3,(H,15,19)(H,17,18). The minimum atomic E-state index is -0.901. The number of carboxylic acids is 1. The molecular formula is C14H17NO4. The molecule has 102 valence electrons. The lowest BCUT2D eigenvalue weighted by Crippen LogP contribution is -2.54. The second kappa shape index (κ2) is 4.91. The summed E-state index contributed by atoms with van der Waals surface area (Å²) in [7, 11) is 0. The Labute approximate surface area is 111 Å². The zero-order chi connectivity index (χ0) is 14.0. The van der Waals surface area contributed by atoms with Crippen LogP contribution in [0.1, 0.15) is 41.6 Å². The number of carbonyl (C=O) groups is 2. The van der Waals surface area contributed by atoms with Crippen LogP contribution < -0.4 is 5.32 Å². The maximum Gasteiger partial charge on any atom is 0.305 e. The Kier molecular flexibility index (Phi) is 3.46. The number of carbonyl (C=O) groups excluding carboxylic acids is 1. The van der Waals surface area contributed by atoms with Gasteiger partial charge in [-0.15, -0.1) is 0 Å². The van der Waals surface area contributed by atoms with E-state index in [4.69, 9.17) is 5.11 Å². The van der Waals surface area contributed by atoms with Gasteiger partial charge >= 0.3 is 5.97 Å². The molecule has 5 nitrogen and oxygen atoms in total.